The molecule has 1 aromatic rings. The Bertz CT molecular complexity index is 407. The maximum absolute atomic E-state index is 5.60. The molecule has 0 aromatic carbocycles. The van der Waals surface area contributed by atoms with Crippen molar-refractivity contribution >= 4 is 6.01 Å². The van der Waals surface area contributed by atoms with Gasteiger partial charge in [0, 0.05) is 12.6 Å². The molecular formula is C14H24N4O. The van der Waals surface area contributed by atoms with Crippen LogP contribution in [0.1, 0.15) is 57.8 Å². The number of hydrogen-bond donors (Lipinski definition) is 2. The summed E-state index contributed by atoms with van der Waals surface area (Å²) in [6.07, 6.45) is 9.22. The molecule has 1 heterocycles. The second kappa shape index (κ2) is 5.49. The lowest BCUT2D eigenvalue weighted by atomic mass is 9.76. The van der Waals surface area contributed by atoms with E-state index >= 15 is 0 Å². The first-order chi connectivity index (χ1) is 9.23. The lowest BCUT2D eigenvalue weighted by molar-refractivity contribution is 0.231. The van der Waals surface area contributed by atoms with Gasteiger partial charge in [-0.15, -0.1) is 5.10 Å². The molecule has 0 spiro atoms. The van der Waals surface area contributed by atoms with E-state index < -0.39 is 0 Å². The van der Waals surface area contributed by atoms with Crippen molar-refractivity contribution in [3.63, 3.8) is 0 Å². The highest BCUT2D eigenvalue weighted by Crippen LogP contribution is 2.35. The smallest absolute Gasteiger partial charge is 0.315 e. The maximum Gasteiger partial charge on any atom is 0.315 e. The molecule has 2 fully saturated rings. The number of nitrogens with zero attached hydrogens (tertiary/aromatic N) is 2. The Kier molecular flexibility index (Phi) is 3.73. The zero-order valence-corrected chi connectivity index (χ0v) is 11.7. The molecule has 2 aliphatic carbocycles. The molecule has 0 unspecified atom stereocenters. The van der Waals surface area contributed by atoms with Crippen molar-refractivity contribution in [2.75, 3.05) is 11.9 Å². The molecule has 5 nitrogen and oxygen atoms in total. The largest absolute Gasteiger partial charge is 0.407 e. The molecule has 3 rings (SSSR count). The standard InChI is InChI=1S/C14H24N4O/c1-14(7-3-2-4-8-14)10-16-13-18-17-12(19-13)9-15-11-5-6-11/h11,15H,2-10H2,1H3,(H,16,18). The van der Waals surface area contributed by atoms with Crippen molar-refractivity contribution in [1.29, 1.82) is 0 Å². The fraction of sp³-hybridized carbons (Fsp3) is 0.857. The molecule has 0 radical (unpaired) electrons. The highest BCUT2D eigenvalue weighted by molar-refractivity contribution is 5.17. The number of rotatable bonds is 6. The van der Waals surface area contributed by atoms with Gasteiger partial charge in [0.15, 0.2) is 0 Å². The van der Waals surface area contributed by atoms with Crippen molar-refractivity contribution in [1.82, 2.24) is 15.5 Å². The van der Waals surface area contributed by atoms with Crippen LogP contribution in [0.15, 0.2) is 4.42 Å². The third-order valence-corrected chi connectivity index (χ3v) is 4.31. The van der Waals surface area contributed by atoms with E-state index in [2.05, 4.69) is 27.8 Å². The highest BCUT2D eigenvalue weighted by Gasteiger charge is 2.27. The quantitative estimate of drug-likeness (QED) is 0.827. The van der Waals surface area contributed by atoms with Gasteiger partial charge in [-0.05, 0) is 31.1 Å². The normalized spacial score (nSPS) is 22.4. The van der Waals surface area contributed by atoms with E-state index in [1.807, 2.05) is 0 Å². The minimum atomic E-state index is 0.388. The Morgan fingerprint density at radius 2 is 2.00 bits per heavy atom. The van der Waals surface area contributed by atoms with Gasteiger partial charge in [-0.2, -0.15) is 0 Å². The third kappa shape index (κ3) is 3.69. The minimum absolute atomic E-state index is 0.388. The topological polar surface area (TPSA) is 63.0 Å². The van der Waals surface area contributed by atoms with Crippen LogP contribution in [0.2, 0.25) is 0 Å². The summed E-state index contributed by atoms with van der Waals surface area (Å²) in [6, 6.07) is 1.24. The molecule has 0 atom stereocenters. The molecular weight excluding hydrogens is 240 g/mol. The molecule has 0 amide bonds. The van der Waals surface area contributed by atoms with Gasteiger partial charge in [-0.25, -0.2) is 0 Å². The first kappa shape index (κ1) is 12.9. The zero-order valence-electron chi connectivity index (χ0n) is 11.7. The van der Waals surface area contributed by atoms with Crippen LogP contribution in [0.25, 0.3) is 0 Å². The number of aromatic nitrogens is 2. The second-order valence-electron chi connectivity index (χ2n) is 6.38. The van der Waals surface area contributed by atoms with Crippen LogP contribution >= 0.6 is 0 Å². The predicted octanol–water partition coefficient (Wildman–Crippen LogP) is 2.70. The fourth-order valence-electron chi connectivity index (χ4n) is 2.79. The summed E-state index contributed by atoms with van der Waals surface area (Å²) >= 11 is 0. The Balaban J connectivity index is 1.46. The lowest BCUT2D eigenvalue weighted by Crippen LogP contribution is -2.28. The first-order valence-electron chi connectivity index (χ1n) is 7.53. The van der Waals surface area contributed by atoms with Crippen LogP contribution in [0, 0.1) is 5.41 Å². The van der Waals surface area contributed by atoms with E-state index in [-0.39, 0.29) is 0 Å². The molecule has 0 saturated heterocycles. The van der Waals surface area contributed by atoms with Gasteiger partial charge in [0.05, 0.1) is 6.54 Å². The van der Waals surface area contributed by atoms with Gasteiger partial charge in [0.25, 0.3) is 0 Å². The highest BCUT2D eigenvalue weighted by atomic mass is 16.4. The summed E-state index contributed by atoms with van der Waals surface area (Å²) in [5.74, 6) is 0.684. The van der Waals surface area contributed by atoms with Gasteiger partial charge in [0.2, 0.25) is 5.89 Å². The van der Waals surface area contributed by atoms with Crippen molar-refractivity contribution in [2.45, 2.75) is 64.5 Å². The predicted molar refractivity (Wildman–Crippen MR) is 73.8 cm³/mol. The molecule has 19 heavy (non-hydrogen) atoms. The van der Waals surface area contributed by atoms with E-state index in [1.54, 1.807) is 0 Å². The van der Waals surface area contributed by atoms with Crippen LogP contribution < -0.4 is 10.6 Å². The molecule has 0 aliphatic heterocycles. The molecule has 2 aliphatic rings. The third-order valence-electron chi connectivity index (χ3n) is 4.31. The average molecular weight is 264 g/mol. The Morgan fingerprint density at radius 3 is 2.74 bits per heavy atom. The summed E-state index contributed by atoms with van der Waals surface area (Å²) in [5.41, 5.74) is 0.388. The van der Waals surface area contributed by atoms with E-state index in [0.29, 0.717) is 29.9 Å². The first-order valence-corrected chi connectivity index (χ1v) is 7.53. The average Bonchev–Trinajstić information content (AvgIpc) is 3.14. The number of hydrogen-bond acceptors (Lipinski definition) is 5. The van der Waals surface area contributed by atoms with Crippen molar-refractivity contribution in [3.05, 3.63) is 5.89 Å². The lowest BCUT2D eigenvalue weighted by Gasteiger charge is -2.33. The number of nitrogens with one attached hydrogen (secondary N) is 2. The van der Waals surface area contributed by atoms with Gasteiger partial charge in [-0.3, -0.25) is 0 Å². The van der Waals surface area contributed by atoms with Gasteiger partial charge in [-0.1, -0.05) is 31.3 Å². The molecule has 1 aromatic heterocycles. The van der Waals surface area contributed by atoms with Gasteiger partial charge in [0.1, 0.15) is 0 Å². The van der Waals surface area contributed by atoms with Gasteiger partial charge < -0.3 is 15.1 Å². The Labute approximate surface area is 114 Å². The summed E-state index contributed by atoms with van der Waals surface area (Å²) in [4.78, 5) is 0. The minimum Gasteiger partial charge on any atom is -0.407 e. The summed E-state index contributed by atoms with van der Waals surface area (Å²) < 4.78 is 5.60. The Hall–Kier alpha value is -1.10. The van der Waals surface area contributed by atoms with Gasteiger partial charge >= 0.3 is 6.01 Å². The molecule has 5 heteroatoms. The zero-order chi connectivity index (χ0) is 13.1. The van der Waals surface area contributed by atoms with Crippen LogP contribution in [0.5, 0.6) is 0 Å². The van der Waals surface area contributed by atoms with Crippen LogP contribution in [0.4, 0.5) is 6.01 Å². The van der Waals surface area contributed by atoms with Crippen molar-refractivity contribution in [2.24, 2.45) is 5.41 Å². The van der Waals surface area contributed by atoms with Crippen LogP contribution in [0.3, 0.4) is 0 Å². The van der Waals surface area contributed by atoms with Crippen molar-refractivity contribution < 1.29 is 4.42 Å². The summed E-state index contributed by atoms with van der Waals surface area (Å²) in [7, 11) is 0. The SMILES string of the molecule is CC1(CNc2nnc(CNC3CC3)o2)CCCCC1. The van der Waals surface area contributed by atoms with Crippen molar-refractivity contribution in [3.8, 4) is 0 Å². The van der Waals surface area contributed by atoms with Crippen LogP contribution in [-0.4, -0.2) is 22.8 Å². The van der Waals surface area contributed by atoms with E-state index in [9.17, 15) is 0 Å². The summed E-state index contributed by atoms with van der Waals surface area (Å²) in [6.45, 7) is 3.98. The van der Waals surface area contributed by atoms with E-state index in [0.717, 1.165) is 6.54 Å². The molecule has 106 valence electrons. The second-order valence-corrected chi connectivity index (χ2v) is 6.38. The van der Waals surface area contributed by atoms with E-state index in [1.165, 1.54) is 44.9 Å². The monoisotopic (exact) mass is 264 g/mol. The molecule has 2 saturated carbocycles. The number of anilines is 1. The maximum atomic E-state index is 5.60. The summed E-state index contributed by atoms with van der Waals surface area (Å²) in [5, 5.41) is 14.8. The molecule has 0 bridgehead atoms. The fourth-order valence-corrected chi connectivity index (χ4v) is 2.79. The Morgan fingerprint density at radius 1 is 1.21 bits per heavy atom. The van der Waals surface area contributed by atoms with E-state index in [4.69, 9.17) is 4.42 Å². The van der Waals surface area contributed by atoms with Crippen LogP contribution in [-0.2, 0) is 6.54 Å². The molecule has 2 N–H and O–H groups in total.